The van der Waals surface area contributed by atoms with Crippen LogP contribution in [0, 0.1) is 5.92 Å². The average Bonchev–Trinajstić information content (AvgIpc) is 2.77. The van der Waals surface area contributed by atoms with E-state index < -0.39 is 0 Å². The van der Waals surface area contributed by atoms with E-state index in [0.29, 0.717) is 0 Å². The van der Waals surface area contributed by atoms with E-state index in [1.165, 1.54) is 24.0 Å². The summed E-state index contributed by atoms with van der Waals surface area (Å²) in [4.78, 5) is 14.4. The van der Waals surface area contributed by atoms with E-state index in [0.717, 1.165) is 37.5 Å². The first-order valence-corrected chi connectivity index (χ1v) is 7.78. The third kappa shape index (κ3) is 2.59. The summed E-state index contributed by atoms with van der Waals surface area (Å²) in [6.07, 6.45) is 3.62. The van der Waals surface area contributed by atoms with Crippen molar-refractivity contribution in [2.24, 2.45) is 5.92 Å². The molecule has 0 saturated carbocycles. The van der Waals surface area contributed by atoms with Crippen LogP contribution in [0.4, 0.5) is 0 Å². The number of carbonyl (C=O) groups excluding carboxylic acids is 1. The predicted molar refractivity (Wildman–Crippen MR) is 80.7 cm³/mol. The average molecular weight is 272 g/mol. The number of carbonyl (C=O) groups is 1. The summed E-state index contributed by atoms with van der Waals surface area (Å²) in [5.41, 5.74) is 3.46. The molecule has 2 heterocycles. The zero-order valence-electron chi connectivity index (χ0n) is 12.5. The van der Waals surface area contributed by atoms with Crippen LogP contribution in [0.25, 0.3) is 0 Å². The number of hydrogen-bond acceptors (Lipinski definition) is 2. The molecule has 0 bridgehead atoms. The zero-order valence-corrected chi connectivity index (χ0v) is 12.5. The largest absolute Gasteiger partial charge is 0.332 e. The summed E-state index contributed by atoms with van der Waals surface area (Å²) in [6, 6.07) is 6.80. The molecule has 1 fully saturated rings. The van der Waals surface area contributed by atoms with Crippen LogP contribution in [0.2, 0.25) is 0 Å². The number of rotatable bonds is 3. The maximum atomic E-state index is 12.4. The number of fused-ring (bicyclic) bond motifs is 1. The van der Waals surface area contributed by atoms with Gasteiger partial charge in [-0.25, -0.2) is 0 Å². The first-order valence-electron chi connectivity index (χ1n) is 7.78. The van der Waals surface area contributed by atoms with Gasteiger partial charge in [-0.1, -0.05) is 12.1 Å². The molecule has 0 atom stereocenters. The second-order valence-corrected chi connectivity index (χ2v) is 6.42. The summed E-state index contributed by atoms with van der Waals surface area (Å²) >= 11 is 0. The maximum absolute atomic E-state index is 12.4. The predicted octanol–water partition coefficient (Wildman–Crippen LogP) is 2.59. The van der Waals surface area contributed by atoms with Crippen molar-refractivity contribution in [3.05, 3.63) is 34.9 Å². The minimum absolute atomic E-state index is 0.210. The van der Waals surface area contributed by atoms with E-state index in [9.17, 15) is 4.79 Å². The summed E-state index contributed by atoms with van der Waals surface area (Å²) in [5, 5.41) is 3.41. The Morgan fingerprint density at radius 3 is 2.75 bits per heavy atom. The molecule has 1 amide bonds. The molecule has 2 aliphatic heterocycles. The lowest BCUT2D eigenvalue weighted by Crippen LogP contribution is -2.30. The Morgan fingerprint density at radius 1 is 1.30 bits per heavy atom. The summed E-state index contributed by atoms with van der Waals surface area (Å²) < 4.78 is 0. The molecule has 0 spiro atoms. The fraction of sp³-hybridized carbons (Fsp3) is 0.588. The Bertz CT molecular complexity index is 504. The Morgan fingerprint density at radius 2 is 2.05 bits per heavy atom. The normalized spacial score (nSPS) is 19.8. The molecule has 0 radical (unpaired) electrons. The molecular formula is C17H24N2O. The second kappa shape index (κ2) is 5.57. The fourth-order valence-corrected chi connectivity index (χ4v) is 3.33. The molecule has 108 valence electrons. The summed E-state index contributed by atoms with van der Waals surface area (Å²) in [7, 11) is 0. The first-order chi connectivity index (χ1) is 9.65. The monoisotopic (exact) mass is 272 g/mol. The molecule has 3 rings (SSSR count). The van der Waals surface area contributed by atoms with Crippen LogP contribution in [-0.4, -0.2) is 29.9 Å². The van der Waals surface area contributed by atoms with Gasteiger partial charge in [0.05, 0.1) is 0 Å². The van der Waals surface area contributed by atoms with E-state index >= 15 is 0 Å². The van der Waals surface area contributed by atoms with Gasteiger partial charge < -0.3 is 10.2 Å². The minimum atomic E-state index is 0.210. The van der Waals surface area contributed by atoms with Crippen molar-refractivity contribution in [3.8, 4) is 0 Å². The Kier molecular flexibility index (Phi) is 3.79. The van der Waals surface area contributed by atoms with E-state index in [-0.39, 0.29) is 11.9 Å². The summed E-state index contributed by atoms with van der Waals surface area (Å²) in [6.45, 7) is 7.21. The van der Waals surface area contributed by atoms with Gasteiger partial charge in [0, 0.05) is 18.2 Å². The highest BCUT2D eigenvalue weighted by molar-refractivity contribution is 5.98. The van der Waals surface area contributed by atoms with Crippen LogP contribution in [0.1, 0.15) is 48.2 Å². The molecule has 2 aliphatic rings. The molecule has 1 N–H and O–H groups in total. The Balaban J connectivity index is 1.75. The highest BCUT2D eigenvalue weighted by Crippen LogP contribution is 2.27. The highest BCUT2D eigenvalue weighted by atomic mass is 16.2. The number of benzene rings is 1. The van der Waals surface area contributed by atoms with Gasteiger partial charge >= 0.3 is 0 Å². The van der Waals surface area contributed by atoms with Crippen molar-refractivity contribution in [1.29, 1.82) is 0 Å². The lowest BCUT2D eigenvalue weighted by Gasteiger charge is -2.22. The smallest absolute Gasteiger partial charge is 0.254 e. The fourth-order valence-electron chi connectivity index (χ4n) is 3.33. The van der Waals surface area contributed by atoms with Gasteiger partial charge in [0.25, 0.3) is 5.91 Å². The Hall–Kier alpha value is -1.35. The lowest BCUT2D eigenvalue weighted by atomic mass is 9.90. The number of amides is 1. The third-order valence-corrected chi connectivity index (χ3v) is 4.61. The van der Waals surface area contributed by atoms with Gasteiger partial charge in [0.15, 0.2) is 0 Å². The molecule has 1 saturated heterocycles. The molecule has 20 heavy (non-hydrogen) atoms. The van der Waals surface area contributed by atoms with Crippen LogP contribution in [-0.2, 0) is 13.0 Å². The van der Waals surface area contributed by atoms with Crippen molar-refractivity contribution < 1.29 is 4.79 Å². The molecule has 0 unspecified atom stereocenters. The molecule has 0 aliphatic carbocycles. The van der Waals surface area contributed by atoms with Crippen molar-refractivity contribution in [3.63, 3.8) is 0 Å². The van der Waals surface area contributed by atoms with Crippen molar-refractivity contribution >= 4 is 5.91 Å². The second-order valence-electron chi connectivity index (χ2n) is 6.42. The lowest BCUT2D eigenvalue weighted by molar-refractivity contribution is 0.0730. The number of nitrogens with one attached hydrogen (secondary N) is 1. The van der Waals surface area contributed by atoms with Gasteiger partial charge in [0.1, 0.15) is 0 Å². The summed E-state index contributed by atoms with van der Waals surface area (Å²) in [5.74, 6) is 0.981. The van der Waals surface area contributed by atoms with Crippen LogP contribution >= 0.6 is 0 Å². The quantitative estimate of drug-likeness (QED) is 0.917. The van der Waals surface area contributed by atoms with Crippen molar-refractivity contribution in [2.45, 2.75) is 45.7 Å². The van der Waals surface area contributed by atoms with E-state index in [2.05, 4.69) is 37.4 Å². The standard InChI is InChI=1S/C17H24N2O/c1-12(2)19-11-15-4-3-14(10-16(15)17(19)20)9-13-5-7-18-8-6-13/h3-4,10,12-13,18H,5-9,11H2,1-2H3. The SMILES string of the molecule is CC(C)N1Cc2ccc(CC3CCNCC3)cc2C1=O. The highest BCUT2D eigenvalue weighted by Gasteiger charge is 2.29. The zero-order chi connectivity index (χ0) is 14.1. The topological polar surface area (TPSA) is 32.3 Å². The van der Waals surface area contributed by atoms with Crippen molar-refractivity contribution in [1.82, 2.24) is 10.2 Å². The van der Waals surface area contributed by atoms with E-state index in [4.69, 9.17) is 0 Å². The number of piperidine rings is 1. The molecule has 1 aromatic rings. The van der Waals surface area contributed by atoms with E-state index in [1.807, 2.05) is 4.90 Å². The molecule has 3 heteroatoms. The van der Waals surface area contributed by atoms with Crippen molar-refractivity contribution in [2.75, 3.05) is 13.1 Å². The van der Waals surface area contributed by atoms with Gasteiger partial charge in [-0.2, -0.15) is 0 Å². The van der Waals surface area contributed by atoms with Crippen LogP contribution in [0.5, 0.6) is 0 Å². The minimum Gasteiger partial charge on any atom is -0.332 e. The van der Waals surface area contributed by atoms with Gasteiger partial charge in [-0.05, 0) is 69.3 Å². The van der Waals surface area contributed by atoms with Gasteiger partial charge in [0.2, 0.25) is 0 Å². The van der Waals surface area contributed by atoms with Crippen LogP contribution in [0.3, 0.4) is 0 Å². The van der Waals surface area contributed by atoms with Crippen LogP contribution in [0.15, 0.2) is 18.2 Å². The maximum Gasteiger partial charge on any atom is 0.254 e. The molecular weight excluding hydrogens is 248 g/mol. The number of nitrogens with zero attached hydrogens (tertiary/aromatic N) is 1. The van der Waals surface area contributed by atoms with E-state index in [1.54, 1.807) is 0 Å². The molecule has 1 aromatic carbocycles. The Labute approximate surface area is 121 Å². The van der Waals surface area contributed by atoms with Crippen LogP contribution < -0.4 is 5.32 Å². The number of hydrogen-bond donors (Lipinski definition) is 1. The van der Waals surface area contributed by atoms with Gasteiger partial charge in [-0.3, -0.25) is 4.79 Å². The molecule has 3 nitrogen and oxygen atoms in total. The first kappa shape index (κ1) is 13.6. The van der Waals surface area contributed by atoms with Gasteiger partial charge in [-0.15, -0.1) is 0 Å². The molecule has 0 aromatic heterocycles. The third-order valence-electron chi connectivity index (χ3n) is 4.61.